The van der Waals surface area contributed by atoms with Crippen molar-refractivity contribution < 1.29 is 0 Å². The molecule has 2 nitrogen and oxygen atoms in total. The van der Waals surface area contributed by atoms with E-state index in [1.165, 1.54) is 44.4 Å². The summed E-state index contributed by atoms with van der Waals surface area (Å²) in [5.41, 5.74) is 14.9. The van der Waals surface area contributed by atoms with Gasteiger partial charge in [-0.3, -0.25) is 0 Å². The quantitative estimate of drug-likeness (QED) is 0.637. The molecule has 2 aromatic carbocycles. The molecule has 0 saturated heterocycles. The van der Waals surface area contributed by atoms with Gasteiger partial charge in [0.1, 0.15) is 0 Å². The molecule has 0 saturated carbocycles. The van der Waals surface area contributed by atoms with Crippen LogP contribution in [0.15, 0.2) is 36.4 Å². The van der Waals surface area contributed by atoms with E-state index in [4.69, 9.17) is 5.73 Å². The van der Waals surface area contributed by atoms with Crippen LogP contribution in [0.4, 0.5) is 0 Å². The van der Waals surface area contributed by atoms with Crippen LogP contribution in [-0.4, -0.2) is 11.5 Å². The van der Waals surface area contributed by atoms with E-state index in [9.17, 15) is 0 Å². The summed E-state index contributed by atoms with van der Waals surface area (Å²) in [6.07, 6.45) is 3.28. The van der Waals surface area contributed by atoms with E-state index in [1.807, 2.05) is 0 Å². The molecular weight excluding hydrogens is 280 g/mol. The predicted octanol–water partition coefficient (Wildman–Crippen LogP) is 5.04. The summed E-state index contributed by atoms with van der Waals surface area (Å²) in [6.45, 7) is 7.29. The number of unbranched alkanes of at least 4 members (excludes halogenated alkanes) is 1. The van der Waals surface area contributed by atoms with Crippen molar-refractivity contribution >= 4 is 10.9 Å². The lowest BCUT2D eigenvalue weighted by Crippen LogP contribution is -1.99. The number of hydrogen-bond donors (Lipinski definition) is 2. The number of benzene rings is 2. The van der Waals surface area contributed by atoms with Gasteiger partial charge in [-0.15, -0.1) is 0 Å². The van der Waals surface area contributed by atoms with E-state index in [0.29, 0.717) is 0 Å². The fraction of sp³-hybridized carbons (Fsp3) is 0.333. The molecule has 1 aromatic heterocycles. The molecule has 3 rings (SSSR count). The molecule has 0 atom stereocenters. The van der Waals surface area contributed by atoms with E-state index < -0.39 is 0 Å². The van der Waals surface area contributed by atoms with Gasteiger partial charge < -0.3 is 10.7 Å². The Balaban J connectivity index is 2.19. The van der Waals surface area contributed by atoms with Crippen molar-refractivity contribution in [2.75, 3.05) is 6.54 Å². The maximum absolute atomic E-state index is 5.69. The SMILES string of the molecule is Cc1cccc(-c2[nH]c3cc(C)cc(C)c3c2CCCCN)c1. The lowest BCUT2D eigenvalue weighted by atomic mass is 9.96. The average Bonchev–Trinajstić information content (AvgIpc) is 2.86. The van der Waals surface area contributed by atoms with Crippen molar-refractivity contribution in [2.24, 2.45) is 5.73 Å². The molecule has 0 aliphatic heterocycles. The number of aromatic amines is 1. The van der Waals surface area contributed by atoms with Crippen molar-refractivity contribution in [1.29, 1.82) is 0 Å². The first-order valence-corrected chi connectivity index (χ1v) is 8.49. The van der Waals surface area contributed by atoms with Crippen molar-refractivity contribution in [3.05, 3.63) is 58.7 Å². The first-order chi connectivity index (χ1) is 11.1. The van der Waals surface area contributed by atoms with Gasteiger partial charge in [0.05, 0.1) is 0 Å². The highest BCUT2D eigenvalue weighted by Gasteiger charge is 2.15. The summed E-state index contributed by atoms with van der Waals surface area (Å²) >= 11 is 0. The standard InChI is InChI=1S/C21H26N2/c1-14-7-6-8-17(12-14)21-18(9-4-5-10-22)20-16(3)11-15(2)13-19(20)23-21/h6-8,11-13,23H,4-5,9-10,22H2,1-3H3. The predicted molar refractivity (Wildman–Crippen MR) is 99.9 cm³/mol. The monoisotopic (exact) mass is 306 g/mol. The van der Waals surface area contributed by atoms with Crippen LogP contribution in [0.3, 0.4) is 0 Å². The minimum Gasteiger partial charge on any atom is -0.354 e. The molecule has 1 heterocycles. The van der Waals surface area contributed by atoms with Crippen molar-refractivity contribution in [2.45, 2.75) is 40.0 Å². The third kappa shape index (κ3) is 3.18. The second kappa shape index (κ2) is 6.59. The Kier molecular flexibility index (Phi) is 4.53. The molecule has 3 N–H and O–H groups in total. The molecule has 0 aliphatic rings. The molecule has 0 bridgehead atoms. The normalized spacial score (nSPS) is 11.3. The molecule has 0 amide bonds. The second-order valence-corrected chi connectivity index (χ2v) is 6.60. The van der Waals surface area contributed by atoms with Crippen LogP contribution in [0.25, 0.3) is 22.2 Å². The second-order valence-electron chi connectivity index (χ2n) is 6.60. The van der Waals surface area contributed by atoms with Gasteiger partial charge in [0.15, 0.2) is 0 Å². The highest BCUT2D eigenvalue weighted by atomic mass is 14.7. The molecule has 3 aromatic rings. The molecule has 23 heavy (non-hydrogen) atoms. The van der Waals surface area contributed by atoms with E-state index in [1.54, 1.807) is 0 Å². The van der Waals surface area contributed by atoms with Gasteiger partial charge >= 0.3 is 0 Å². The molecule has 0 aliphatic carbocycles. The minimum absolute atomic E-state index is 0.764. The van der Waals surface area contributed by atoms with Crippen LogP contribution in [0, 0.1) is 20.8 Å². The summed E-state index contributed by atoms with van der Waals surface area (Å²) in [4.78, 5) is 3.69. The summed E-state index contributed by atoms with van der Waals surface area (Å²) < 4.78 is 0. The Morgan fingerprint density at radius 3 is 2.52 bits per heavy atom. The fourth-order valence-corrected chi connectivity index (χ4v) is 3.54. The highest BCUT2D eigenvalue weighted by Crippen LogP contribution is 2.34. The molecular formula is C21H26N2. The largest absolute Gasteiger partial charge is 0.354 e. The van der Waals surface area contributed by atoms with Gasteiger partial charge in [-0.2, -0.15) is 0 Å². The molecule has 120 valence electrons. The Morgan fingerprint density at radius 2 is 1.78 bits per heavy atom. The molecule has 0 fully saturated rings. The average molecular weight is 306 g/mol. The van der Waals surface area contributed by atoms with Gasteiger partial charge in [-0.1, -0.05) is 29.8 Å². The number of rotatable bonds is 5. The number of nitrogens with one attached hydrogen (secondary N) is 1. The Labute approximate surface area is 138 Å². The third-order valence-corrected chi connectivity index (χ3v) is 4.53. The highest BCUT2D eigenvalue weighted by molar-refractivity contribution is 5.93. The maximum Gasteiger partial charge on any atom is 0.0497 e. The van der Waals surface area contributed by atoms with Gasteiger partial charge in [0, 0.05) is 16.6 Å². The van der Waals surface area contributed by atoms with Crippen molar-refractivity contribution in [3.8, 4) is 11.3 Å². The zero-order chi connectivity index (χ0) is 16.4. The molecule has 0 unspecified atom stereocenters. The van der Waals surface area contributed by atoms with Gasteiger partial charge in [0.25, 0.3) is 0 Å². The summed E-state index contributed by atoms with van der Waals surface area (Å²) in [5, 5.41) is 1.39. The summed E-state index contributed by atoms with van der Waals surface area (Å²) in [5.74, 6) is 0. The number of aryl methyl sites for hydroxylation is 4. The first-order valence-electron chi connectivity index (χ1n) is 8.49. The van der Waals surface area contributed by atoms with E-state index in [2.05, 4.69) is 62.2 Å². The maximum atomic E-state index is 5.69. The smallest absolute Gasteiger partial charge is 0.0497 e. The van der Waals surface area contributed by atoms with Crippen LogP contribution in [-0.2, 0) is 6.42 Å². The number of nitrogens with two attached hydrogens (primary N) is 1. The lowest BCUT2D eigenvalue weighted by Gasteiger charge is -2.07. The van der Waals surface area contributed by atoms with Gasteiger partial charge in [-0.25, -0.2) is 0 Å². The Morgan fingerprint density at radius 1 is 0.957 bits per heavy atom. The Bertz CT molecular complexity index is 827. The minimum atomic E-state index is 0.764. The lowest BCUT2D eigenvalue weighted by molar-refractivity contribution is 0.748. The summed E-state index contributed by atoms with van der Waals surface area (Å²) in [6, 6.07) is 13.3. The summed E-state index contributed by atoms with van der Waals surface area (Å²) in [7, 11) is 0. The number of aromatic nitrogens is 1. The van der Waals surface area contributed by atoms with E-state index in [-0.39, 0.29) is 0 Å². The molecule has 0 spiro atoms. The topological polar surface area (TPSA) is 41.8 Å². The molecule has 0 radical (unpaired) electrons. The van der Waals surface area contributed by atoms with Crippen LogP contribution in [0.1, 0.15) is 35.1 Å². The van der Waals surface area contributed by atoms with Gasteiger partial charge in [-0.05, 0) is 81.0 Å². The zero-order valence-corrected chi connectivity index (χ0v) is 14.4. The number of H-pyrrole nitrogens is 1. The van der Waals surface area contributed by atoms with Crippen molar-refractivity contribution in [3.63, 3.8) is 0 Å². The Hall–Kier alpha value is -2.06. The number of hydrogen-bond acceptors (Lipinski definition) is 1. The van der Waals surface area contributed by atoms with Gasteiger partial charge in [0.2, 0.25) is 0 Å². The van der Waals surface area contributed by atoms with Crippen LogP contribution in [0.2, 0.25) is 0 Å². The van der Waals surface area contributed by atoms with Crippen molar-refractivity contribution in [1.82, 2.24) is 4.98 Å². The molecule has 2 heteroatoms. The van der Waals surface area contributed by atoms with E-state index >= 15 is 0 Å². The number of fused-ring (bicyclic) bond motifs is 1. The van der Waals surface area contributed by atoms with Crippen LogP contribution >= 0.6 is 0 Å². The zero-order valence-electron chi connectivity index (χ0n) is 14.4. The van der Waals surface area contributed by atoms with Crippen LogP contribution < -0.4 is 5.73 Å². The fourth-order valence-electron chi connectivity index (χ4n) is 3.54. The van der Waals surface area contributed by atoms with E-state index in [0.717, 1.165) is 25.8 Å². The van der Waals surface area contributed by atoms with Crippen LogP contribution in [0.5, 0.6) is 0 Å². The third-order valence-electron chi connectivity index (χ3n) is 4.53. The first kappa shape index (κ1) is 15.8.